The molecule has 0 radical (unpaired) electrons. The molecule has 0 amide bonds. The van der Waals surface area contributed by atoms with Crippen molar-refractivity contribution in [2.24, 2.45) is 13.0 Å². The third-order valence-corrected chi connectivity index (χ3v) is 3.45. The van der Waals surface area contributed by atoms with Crippen molar-refractivity contribution >= 4 is 0 Å². The van der Waals surface area contributed by atoms with Gasteiger partial charge in [-0.25, -0.2) is 4.98 Å². The van der Waals surface area contributed by atoms with Gasteiger partial charge in [0.1, 0.15) is 5.82 Å². The molecular weight excluding hydrogens is 214 g/mol. The topological polar surface area (TPSA) is 39.1 Å². The zero-order valence-corrected chi connectivity index (χ0v) is 11.0. The first-order valence-electron chi connectivity index (χ1n) is 6.54. The normalized spacial score (nSPS) is 26.3. The van der Waals surface area contributed by atoms with Crippen molar-refractivity contribution in [1.29, 1.82) is 0 Å². The Balaban J connectivity index is 2.10. The predicted octanol–water partition coefficient (Wildman–Crippen LogP) is 1.89. The smallest absolute Gasteiger partial charge is 0.125 e. The van der Waals surface area contributed by atoms with E-state index in [0.29, 0.717) is 18.1 Å². The molecule has 0 bridgehead atoms. The molecule has 1 fully saturated rings. The average Bonchev–Trinajstić information content (AvgIpc) is 2.90. The Hall–Kier alpha value is -0.870. The predicted molar refractivity (Wildman–Crippen MR) is 67.8 cm³/mol. The lowest BCUT2D eigenvalue weighted by atomic mass is 9.96. The highest BCUT2D eigenvalue weighted by Crippen LogP contribution is 2.30. The Morgan fingerprint density at radius 2 is 2.47 bits per heavy atom. The Morgan fingerprint density at radius 3 is 3.00 bits per heavy atom. The zero-order chi connectivity index (χ0) is 12.3. The van der Waals surface area contributed by atoms with Crippen LogP contribution in [0.3, 0.4) is 0 Å². The van der Waals surface area contributed by atoms with Gasteiger partial charge in [-0.15, -0.1) is 0 Å². The molecule has 0 saturated carbocycles. The highest BCUT2D eigenvalue weighted by Gasteiger charge is 2.32. The van der Waals surface area contributed by atoms with Crippen LogP contribution in [-0.2, 0) is 11.8 Å². The van der Waals surface area contributed by atoms with Crippen LogP contribution in [0, 0.1) is 5.92 Å². The third kappa shape index (κ3) is 2.87. The molecular formula is C13H23N3O. The number of nitrogens with one attached hydrogen (secondary N) is 1. The van der Waals surface area contributed by atoms with Crippen molar-refractivity contribution in [2.75, 3.05) is 13.2 Å². The van der Waals surface area contributed by atoms with Gasteiger partial charge in [-0.05, 0) is 26.3 Å². The number of rotatable bonds is 5. The molecule has 0 aliphatic carbocycles. The number of imidazole rings is 1. The Morgan fingerprint density at radius 1 is 1.65 bits per heavy atom. The number of aromatic nitrogens is 2. The zero-order valence-electron chi connectivity index (χ0n) is 11.0. The van der Waals surface area contributed by atoms with Crippen LogP contribution in [0.1, 0.15) is 38.6 Å². The summed E-state index contributed by atoms with van der Waals surface area (Å²) in [4.78, 5) is 4.48. The van der Waals surface area contributed by atoms with Gasteiger partial charge in [-0.3, -0.25) is 0 Å². The van der Waals surface area contributed by atoms with Crippen LogP contribution >= 0.6 is 0 Å². The molecule has 96 valence electrons. The van der Waals surface area contributed by atoms with Gasteiger partial charge in [0.25, 0.3) is 0 Å². The fraction of sp³-hybridized carbons (Fsp3) is 0.769. The van der Waals surface area contributed by atoms with E-state index < -0.39 is 0 Å². The monoisotopic (exact) mass is 237 g/mol. The Kier molecular flexibility index (Phi) is 4.18. The van der Waals surface area contributed by atoms with Gasteiger partial charge in [-0.1, -0.05) is 6.92 Å². The molecule has 4 heteroatoms. The molecule has 1 N–H and O–H groups in total. The van der Waals surface area contributed by atoms with Crippen molar-refractivity contribution in [1.82, 2.24) is 14.9 Å². The van der Waals surface area contributed by atoms with E-state index in [4.69, 9.17) is 4.74 Å². The van der Waals surface area contributed by atoms with Gasteiger partial charge in [0, 0.05) is 25.4 Å². The van der Waals surface area contributed by atoms with Crippen LogP contribution in [0.15, 0.2) is 12.4 Å². The summed E-state index contributed by atoms with van der Waals surface area (Å²) >= 11 is 0. The fourth-order valence-corrected chi connectivity index (χ4v) is 2.53. The molecule has 3 atom stereocenters. The maximum atomic E-state index is 5.69. The maximum absolute atomic E-state index is 5.69. The molecule has 4 nitrogen and oxygen atoms in total. The molecule has 2 rings (SSSR count). The SMILES string of the molecule is CCCNC(c1nccn1C)C1COC(C)C1. The van der Waals surface area contributed by atoms with Crippen molar-refractivity contribution in [3.05, 3.63) is 18.2 Å². The van der Waals surface area contributed by atoms with Gasteiger partial charge in [-0.2, -0.15) is 0 Å². The molecule has 0 spiro atoms. The van der Waals surface area contributed by atoms with Gasteiger partial charge in [0.05, 0.1) is 18.8 Å². The number of hydrogen-bond donors (Lipinski definition) is 1. The van der Waals surface area contributed by atoms with E-state index in [9.17, 15) is 0 Å². The molecule has 17 heavy (non-hydrogen) atoms. The largest absolute Gasteiger partial charge is 0.378 e. The average molecular weight is 237 g/mol. The van der Waals surface area contributed by atoms with Gasteiger partial charge < -0.3 is 14.6 Å². The van der Waals surface area contributed by atoms with Gasteiger partial charge >= 0.3 is 0 Å². The van der Waals surface area contributed by atoms with Crippen molar-refractivity contribution in [3.63, 3.8) is 0 Å². The summed E-state index contributed by atoms with van der Waals surface area (Å²) in [7, 11) is 2.06. The summed E-state index contributed by atoms with van der Waals surface area (Å²) in [5, 5.41) is 3.61. The van der Waals surface area contributed by atoms with E-state index in [-0.39, 0.29) is 0 Å². The number of nitrogens with zero attached hydrogens (tertiary/aromatic N) is 2. The molecule has 1 aliphatic heterocycles. The molecule has 0 aromatic carbocycles. The lowest BCUT2D eigenvalue weighted by molar-refractivity contribution is 0.116. The van der Waals surface area contributed by atoms with Crippen LogP contribution < -0.4 is 5.32 Å². The molecule has 1 aliphatic rings. The Bertz CT molecular complexity index is 350. The fourth-order valence-electron chi connectivity index (χ4n) is 2.53. The van der Waals surface area contributed by atoms with E-state index >= 15 is 0 Å². The second-order valence-electron chi connectivity index (χ2n) is 4.97. The van der Waals surface area contributed by atoms with Crippen LogP contribution in [0.4, 0.5) is 0 Å². The van der Waals surface area contributed by atoms with Gasteiger partial charge in [0.15, 0.2) is 0 Å². The van der Waals surface area contributed by atoms with Crippen molar-refractivity contribution in [3.8, 4) is 0 Å². The molecule has 2 heterocycles. The number of aryl methyl sites for hydroxylation is 1. The van der Waals surface area contributed by atoms with Crippen molar-refractivity contribution < 1.29 is 4.74 Å². The van der Waals surface area contributed by atoms with E-state index in [0.717, 1.165) is 31.8 Å². The second kappa shape index (κ2) is 5.65. The number of ether oxygens (including phenoxy) is 1. The minimum atomic E-state index is 0.319. The van der Waals surface area contributed by atoms with E-state index in [1.54, 1.807) is 0 Å². The summed E-state index contributed by atoms with van der Waals surface area (Å²) in [6.07, 6.45) is 6.52. The van der Waals surface area contributed by atoms with Crippen LogP contribution in [0.2, 0.25) is 0 Å². The van der Waals surface area contributed by atoms with Crippen molar-refractivity contribution in [2.45, 2.75) is 38.8 Å². The minimum absolute atomic E-state index is 0.319. The summed E-state index contributed by atoms with van der Waals surface area (Å²) in [5.74, 6) is 1.67. The number of hydrogen-bond acceptors (Lipinski definition) is 3. The van der Waals surface area contributed by atoms with Crippen LogP contribution in [0.5, 0.6) is 0 Å². The van der Waals surface area contributed by atoms with Crippen LogP contribution in [0.25, 0.3) is 0 Å². The summed E-state index contributed by atoms with van der Waals surface area (Å²) < 4.78 is 7.79. The second-order valence-corrected chi connectivity index (χ2v) is 4.97. The Labute approximate surface area is 103 Å². The maximum Gasteiger partial charge on any atom is 0.125 e. The summed E-state index contributed by atoms with van der Waals surface area (Å²) in [5.41, 5.74) is 0. The van der Waals surface area contributed by atoms with E-state index in [2.05, 4.69) is 35.8 Å². The van der Waals surface area contributed by atoms with E-state index in [1.165, 1.54) is 0 Å². The molecule has 1 aromatic rings. The summed E-state index contributed by atoms with van der Waals surface area (Å²) in [6.45, 7) is 6.21. The molecule has 1 saturated heterocycles. The van der Waals surface area contributed by atoms with E-state index in [1.807, 2.05) is 12.4 Å². The van der Waals surface area contributed by atoms with Crippen LogP contribution in [-0.4, -0.2) is 28.8 Å². The standard InChI is InChI=1S/C13H23N3O/c1-4-5-14-12(11-8-10(2)17-9-11)13-15-6-7-16(13)3/h6-7,10-12,14H,4-5,8-9H2,1-3H3. The minimum Gasteiger partial charge on any atom is -0.378 e. The summed E-state index contributed by atoms with van der Waals surface area (Å²) in [6, 6.07) is 0.319. The first-order chi connectivity index (χ1) is 8.22. The first kappa shape index (κ1) is 12.6. The lowest BCUT2D eigenvalue weighted by Gasteiger charge is -2.23. The quantitative estimate of drug-likeness (QED) is 0.850. The highest BCUT2D eigenvalue weighted by atomic mass is 16.5. The first-order valence-corrected chi connectivity index (χ1v) is 6.54. The van der Waals surface area contributed by atoms with Gasteiger partial charge in [0.2, 0.25) is 0 Å². The molecule has 1 aromatic heterocycles. The lowest BCUT2D eigenvalue weighted by Crippen LogP contribution is -2.31. The molecule has 3 unspecified atom stereocenters. The third-order valence-electron chi connectivity index (χ3n) is 3.45. The highest BCUT2D eigenvalue weighted by molar-refractivity contribution is 5.02.